The van der Waals surface area contributed by atoms with E-state index in [9.17, 15) is 9.59 Å². The van der Waals surface area contributed by atoms with Gasteiger partial charge < -0.3 is 19.7 Å². The number of ether oxygens (including phenoxy) is 2. The van der Waals surface area contributed by atoms with Gasteiger partial charge in [-0.1, -0.05) is 12.1 Å². The van der Waals surface area contributed by atoms with E-state index in [1.807, 2.05) is 35.4 Å². The van der Waals surface area contributed by atoms with E-state index in [4.69, 9.17) is 9.47 Å². The molecule has 166 valence electrons. The minimum atomic E-state index is -0.0316. The normalized spacial score (nSPS) is 14.2. The summed E-state index contributed by atoms with van der Waals surface area (Å²) in [6.45, 7) is 1.47. The fourth-order valence-electron chi connectivity index (χ4n) is 3.87. The molecular formula is C24H30N2O4S. The van der Waals surface area contributed by atoms with Crippen LogP contribution in [0.5, 0.6) is 11.5 Å². The number of hydrogen-bond acceptors (Lipinski definition) is 5. The van der Waals surface area contributed by atoms with Gasteiger partial charge in [-0.25, -0.2) is 0 Å². The van der Waals surface area contributed by atoms with E-state index in [0.29, 0.717) is 29.5 Å². The Balaban J connectivity index is 1.47. The number of nitrogens with zero attached hydrogens (tertiary/aromatic N) is 1. The SMILES string of the molecule is COc1ccc(NC(=O)CCC2CCN(C(=O)c3ccccc3SC)CC2)c(OC)c1. The minimum Gasteiger partial charge on any atom is -0.497 e. The second-order valence-electron chi connectivity index (χ2n) is 7.59. The maximum absolute atomic E-state index is 12.9. The van der Waals surface area contributed by atoms with Gasteiger partial charge in [-0.05, 0) is 55.7 Å². The molecule has 2 amide bonds. The zero-order chi connectivity index (χ0) is 22.2. The molecule has 1 aliphatic heterocycles. The lowest BCUT2D eigenvalue weighted by molar-refractivity contribution is -0.116. The van der Waals surface area contributed by atoms with E-state index in [-0.39, 0.29) is 11.8 Å². The lowest BCUT2D eigenvalue weighted by atomic mass is 9.91. The van der Waals surface area contributed by atoms with Gasteiger partial charge in [-0.2, -0.15) is 0 Å². The van der Waals surface area contributed by atoms with E-state index in [2.05, 4.69) is 5.32 Å². The third kappa shape index (κ3) is 5.94. The smallest absolute Gasteiger partial charge is 0.254 e. The first-order chi connectivity index (χ1) is 15.0. The molecule has 3 rings (SSSR count). The standard InChI is InChI=1S/C24H30N2O4S/c1-29-18-9-10-20(21(16-18)30-2)25-23(27)11-8-17-12-14-26(15-13-17)24(28)19-6-4-5-7-22(19)31-3/h4-7,9-10,16-17H,8,11-15H2,1-3H3,(H,25,27). The fraction of sp³-hybridized carbons (Fsp3) is 0.417. The molecule has 1 aliphatic rings. The zero-order valence-electron chi connectivity index (χ0n) is 18.3. The first-order valence-electron chi connectivity index (χ1n) is 10.5. The van der Waals surface area contributed by atoms with E-state index in [0.717, 1.165) is 42.8 Å². The van der Waals surface area contributed by atoms with Crippen molar-refractivity contribution in [3.05, 3.63) is 48.0 Å². The van der Waals surface area contributed by atoms with Crippen LogP contribution >= 0.6 is 11.8 Å². The first-order valence-corrected chi connectivity index (χ1v) is 11.7. The average Bonchev–Trinajstić information content (AvgIpc) is 2.82. The number of amides is 2. The molecular weight excluding hydrogens is 412 g/mol. The maximum atomic E-state index is 12.9. The Bertz CT molecular complexity index is 910. The highest BCUT2D eigenvalue weighted by molar-refractivity contribution is 7.98. The van der Waals surface area contributed by atoms with Crippen LogP contribution in [0.15, 0.2) is 47.4 Å². The van der Waals surface area contributed by atoms with Crippen molar-refractivity contribution in [1.29, 1.82) is 0 Å². The third-order valence-corrected chi connectivity index (χ3v) is 6.50. The summed E-state index contributed by atoms with van der Waals surface area (Å²) in [5.41, 5.74) is 1.42. The van der Waals surface area contributed by atoms with Gasteiger partial charge in [0.25, 0.3) is 5.91 Å². The molecule has 1 fully saturated rings. The van der Waals surface area contributed by atoms with Crippen LogP contribution in [-0.4, -0.2) is 50.3 Å². The Hall–Kier alpha value is -2.67. The molecule has 0 radical (unpaired) electrons. The first kappa shape index (κ1) is 23.0. The predicted octanol–water partition coefficient (Wildman–Crippen LogP) is 4.70. The van der Waals surface area contributed by atoms with Crippen LogP contribution in [0.2, 0.25) is 0 Å². The number of rotatable bonds is 8. The zero-order valence-corrected chi connectivity index (χ0v) is 19.2. The molecule has 0 atom stereocenters. The van der Waals surface area contributed by atoms with Gasteiger partial charge in [0.05, 0.1) is 25.5 Å². The van der Waals surface area contributed by atoms with Gasteiger partial charge in [0, 0.05) is 30.5 Å². The molecule has 0 spiro atoms. The van der Waals surface area contributed by atoms with Crippen molar-refractivity contribution in [3.8, 4) is 11.5 Å². The molecule has 2 aromatic rings. The molecule has 0 unspecified atom stereocenters. The average molecular weight is 443 g/mol. The number of benzene rings is 2. The summed E-state index contributed by atoms with van der Waals surface area (Å²) in [4.78, 5) is 28.3. The Kier molecular flexibility index (Phi) is 8.23. The quantitative estimate of drug-likeness (QED) is 0.601. The maximum Gasteiger partial charge on any atom is 0.254 e. The third-order valence-electron chi connectivity index (χ3n) is 5.70. The Morgan fingerprint density at radius 2 is 1.84 bits per heavy atom. The van der Waals surface area contributed by atoms with E-state index >= 15 is 0 Å². The Labute approximate surface area is 188 Å². The molecule has 6 nitrogen and oxygen atoms in total. The van der Waals surface area contributed by atoms with Crippen molar-refractivity contribution in [2.24, 2.45) is 5.92 Å². The number of carbonyl (C=O) groups is 2. The fourth-order valence-corrected chi connectivity index (χ4v) is 4.46. The van der Waals surface area contributed by atoms with Crippen LogP contribution in [0, 0.1) is 5.92 Å². The molecule has 0 saturated carbocycles. The Morgan fingerprint density at radius 1 is 1.10 bits per heavy atom. The number of carbonyl (C=O) groups excluding carboxylic acids is 2. The van der Waals surface area contributed by atoms with Crippen molar-refractivity contribution in [2.45, 2.75) is 30.6 Å². The van der Waals surface area contributed by atoms with Gasteiger partial charge in [0.1, 0.15) is 11.5 Å². The van der Waals surface area contributed by atoms with Gasteiger partial charge in [0.2, 0.25) is 5.91 Å². The monoisotopic (exact) mass is 442 g/mol. The highest BCUT2D eigenvalue weighted by Gasteiger charge is 2.25. The van der Waals surface area contributed by atoms with Crippen molar-refractivity contribution in [2.75, 3.05) is 38.9 Å². The van der Waals surface area contributed by atoms with Gasteiger partial charge >= 0.3 is 0 Å². The summed E-state index contributed by atoms with van der Waals surface area (Å²) in [5.74, 6) is 1.77. The summed E-state index contributed by atoms with van der Waals surface area (Å²) in [6, 6.07) is 13.1. The van der Waals surface area contributed by atoms with Crippen LogP contribution in [-0.2, 0) is 4.79 Å². The summed E-state index contributed by atoms with van der Waals surface area (Å²) in [6.07, 6.45) is 5.10. The van der Waals surface area contributed by atoms with Crippen LogP contribution < -0.4 is 14.8 Å². The number of methoxy groups -OCH3 is 2. The minimum absolute atomic E-state index is 0.0316. The van der Waals surface area contributed by atoms with Crippen molar-refractivity contribution < 1.29 is 19.1 Å². The van der Waals surface area contributed by atoms with Crippen LogP contribution in [0.3, 0.4) is 0 Å². The number of thioether (sulfide) groups is 1. The number of nitrogens with one attached hydrogen (secondary N) is 1. The van der Waals surface area contributed by atoms with E-state index in [1.54, 1.807) is 44.2 Å². The number of likely N-dealkylation sites (tertiary alicyclic amines) is 1. The highest BCUT2D eigenvalue weighted by Crippen LogP contribution is 2.30. The molecule has 0 bridgehead atoms. The summed E-state index contributed by atoms with van der Waals surface area (Å²) < 4.78 is 10.5. The highest BCUT2D eigenvalue weighted by atomic mass is 32.2. The molecule has 0 aromatic heterocycles. The number of anilines is 1. The van der Waals surface area contributed by atoms with Crippen LogP contribution in [0.1, 0.15) is 36.0 Å². The summed E-state index contributed by atoms with van der Waals surface area (Å²) in [5, 5.41) is 2.93. The second-order valence-corrected chi connectivity index (χ2v) is 8.44. The topological polar surface area (TPSA) is 67.9 Å². The van der Waals surface area contributed by atoms with E-state index in [1.165, 1.54) is 0 Å². The van der Waals surface area contributed by atoms with Crippen LogP contribution in [0.4, 0.5) is 5.69 Å². The second kappa shape index (κ2) is 11.1. The number of piperidine rings is 1. The van der Waals surface area contributed by atoms with Crippen molar-refractivity contribution in [1.82, 2.24) is 4.90 Å². The number of hydrogen-bond donors (Lipinski definition) is 1. The van der Waals surface area contributed by atoms with Gasteiger partial charge in [-0.15, -0.1) is 11.8 Å². The summed E-state index contributed by atoms with van der Waals surface area (Å²) in [7, 11) is 3.16. The largest absolute Gasteiger partial charge is 0.497 e. The molecule has 1 N–H and O–H groups in total. The van der Waals surface area contributed by atoms with Crippen molar-refractivity contribution >= 4 is 29.3 Å². The van der Waals surface area contributed by atoms with Gasteiger partial charge in [-0.3, -0.25) is 9.59 Å². The van der Waals surface area contributed by atoms with Crippen molar-refractivity contribution in [3.63, 3.8) is 0 Å². The van der Waals surface area contributed by atoms with E-state index < -0.39 is 0 Å². The molecule has 1 heterocycles. The lowest BCUT2D eigenvalue weighted by Crippen LogP contribution is -2.38. The lowest BCUT2D eigenvalue weighted by Gasteiger charge is -2.32. The Morgan fingerprint density at radius 3 is 2.52 bits per heavy atom. The molecule has 31 heavy (non-hydrogen) atoms. The molecule has 2 aromatic carbocycles. The van der Waals surface area contributed by atoms with Crippen LogP contribution in [0.25, 0.3) is 0 Å². The summed E-state index contributed by atoms with van der Waals surface area (Å²) >= 11 is 1.60. The predicted molar refractivity (Wildman–Crippen MR) is 124 cm³/mol. The van der Waals surface area contributed by atoms with Gasteiger partial charge in [0.15, 0.2) is 0 Å². The molecule has 1 saturated heterocycles. The molecule has 7 heteroatoms. The molecule has 0 aliphatic carbocycles.